The number of benzene rings is 2. The van der Waals surface area contributed by atoms with E-state index in [4.69, 9.17) is 23.2 Å². The van der Waals surface area contributed by atoms with E-state index in [0.717, 1.165) is 16.1 Å². The molecule has 25 heavy (non-hydrogen) atoms. The Morgan fingerprint density at radius 2 is 1.68 bits per heavy atom. The first-order valence-electron chi connectivity index (χ1n) is 7.45. The summed E-state index contributed by atoms with van der Waals surface area (Å²) < 4.78 is 25.2. The molecule has 2 aromatic rings. The molecule has 1 amide bonds. The van der Waals surface area contributed by atoms with Crippen LogP contribution >= 0.6 is 23.2 Å². The standard InChI is InChI=1S/C17H18Cl2N2O3S/c1-12(13-6-4-3-5-7-13)20-17(22)11-21(25(2,23)24)16-9-14(18)8-15(19)10-16/h3-10,12H,11H2,1-2H3,(H,20,22)/t12-/m1/s1. The molecule has 0 aliphatic carbocycles. The first-order chi connectivity index (χ1) is 11.7. The fraction of sp³-hybridized carbons (Fsp3) is 0.235. The van der Waals surface area contributed by atoms with Gasteiger partial charge in [-0.1, -0.05) is 53.5 Å². The van der Waals surface area contributed by atoms with E-state index in [-0.39, 0.29) is 28.3 Å². The van der Waals surface area contributed by atoms with Gasteiger partial charge in [0.15, 0.2) is 0 Å². The minimum Gasteiger partial charge on any atom is -0.348 e. The van der Waals surface area contributed by atoms with Crippen molar-refractivity contribution in [2.45, 2.75) is 13.0 Å². The van der Waals surface area contributed by atoms with Crippen molar-refractivity contribution in [3.05, 3.63) is 64.1 Å². The van der Waals surface area contributed by atoms with Crippen LogP contribution in [0, 0.1) is 0 Å². The zero-order valence-electron chi connectivity index (χ0n) is 13.7. The van der Waals surface area contributed by atoms with Crippen LogP contribution in [0.3, 0.4) is 0 Å². The topological polar surface area (TPSA) is 66.5 Å². The Balaban J connectivity index is 2.19. The summed E-state index contributed by atoms with van der Waals surface area (Å²) in [4.78, 5) is 12.3. The number of hydrogen-bond acceptors (Lipinski definition) is 3. The Hall–Kier alpha value is -1.76. The van der Waals surface area contributed by atoms with Crippen LogP contribution in [0.4, 0.5) is 5.69 Å². The maximum absolute atomic E-state index is 12.3. The molecule has 2 aromatic carbocycles. The van der Waals surface area contributed by atoms with Gasteiger partial charge >= 0.3 is 0 Å². The monoisotopic (exact) mass is 400 g/mol. The van der Waals surface area contributed by atoms with Crippen molar-refractivity contribution in [1.82, 2.24) is 5.32 Å². The number of sulfonamides is 1. The van der Waals surface area contributed by atoms with Gasteiger partial charge in [0.25, 0.3) is 0 Å². The number of nitrogens with zero attached hydrogens (tertiary/aromatic N) is 1. The van der Waals surface area contributed by atoms with Gasteiger partial charge in [-0.15, -0.1) is 0 Å². The highest BCUT2D eigenvalue weighted by molar-refractivity contribution is 7.92. The van der Waals surface area contributed by atoms with Gasteiger partial charge in [-0.2, -0.15) is 0 Å². The average molecular weight is 401 g/mol. The molecule has 134 valence electrons. The first kappa shape index (κ1) is 19.6. The number of nitrogens with one attached hydrogen (secondary N) is 1. The summed E-state index contributed by atoms with van der Waals surface area (Å²) in [6, 6.07) is 13.5. The zero-order valence-corrected chi connectivity index (χ0v) is 16.1. The van der Waals surface area contributed by atoms with Gasteiger partial charge in [0.1, 0.15) is 6.54 Å². The molecule has 0 fully saturated rings. The maximum Gasteiger partial charge on any atom is 0.241 e. The molecule has 0 aliphatic heterocycles. The Morgan fingerprint density at radius 3 is 2.20 bits per heavy atom. The van der Waals surface area contributed by atoms with Gasteiger partial charge in [-0.05, 0) is 30.7 Å². The molecule has 1 N–H and O–H groups in total. The molecule has 8 heteroatoms. The second-order valence-electron chi connectivity index (χ2n) is 5.60. The molecular formula is C17H18Cl2N2O3S. The second kappa shape index (κ2) is 8.08. The number of carbonyl (C=O) groups excluding carboxylic acids is 1. The summed E-state index contributed by atoms with van der Waals surface area (Å²) in [5, 5.41) is 3.36. The summed E-state index contributed by atoms with van der Waals surface area (Å²) in [6.07, 6.45) is 1.02. The molecule has 0 unspecified atom stereocenters. The molecule has 0 radical (unpaired) electrons. The highest BCUT2D eigenvalue weighted by atomic mass is 35.5. The third-order valence-corrected chi connectivity index (χ3v) is 5.08. The number of carbonyl (C=O) groups is 1. The van der Waals surface area contributed by atoms with E-state index in [1.165, 1.54) is 18.2 Å². The number of hydrogen-bond donors (Lipinski definition) is 1. The lowest BCUT2D eigenvalue weighted by molar-refractivity contribution is -0.120. The zero-order chi connectivity index (χ0) is 18.6. The summed E-state index contributed by atoms with van der Waals surface area (Å²) in [7, 11) is -3.69. The van der Waals surface area contributed by atoms with Crippen molar-refractivity contribution >= 4 is 44.8 Å². The van der Waals surface area contributed by atoms with E-state index in [1.54, 1.807) is 0 Å². The Kier molecular flexibility index (Phi) is 6.32. The van der Waals surface area contributed by atoms with Gasteiger partial charge in [-0.3, -0.25) is 9.10 Å². The van der Waals surface area contributed by atoms with Crippen LogP contribution in [-0.2, 0) is 14.8 Å². The van der Waals surface area contributed by atoms with Crippen LogP contribution < -0.4 is 9.62 Å². The molecule has 5 nitrogen and oxygen atoms in total. The summed E-state index contributed by atoms with van der Waals surface area (Å²) in [5.41, 5.74) is 1.16. The molecule has 0 saturated heterocycles. The molecule has 2 rings (SSSR count). The molecule has 0 heterocycles. The van der Waals surface area contributed by atoms with Crippen molar-refractivity contribution in [3.63, 3.8) is 0 Å². The van der Waals surface area contributed by atoms with Crippen LogP contribution in [0.25, 0.3) is 0 Å². The van der Waals surface area contributed by atoms with E-state index in [9.17, 15) is 13.2 Å². The average Bonchev–Trinajstić information content (AvgIpc) is 2.51. The Morgan fingerprint density at radius 1 is 1.12 bits per heavy atom. The van der Waals surface area contributed by atoms with E-state index in [2.05, 4.69) is 5.32 Å². The minimum atomic E-state index is -3.69. The van der Waals surface area contributed by atoms with Crippen molar-refractivity contribution < 1.29 is 13.2 Å². The highest BCUT2D eigenvalue weighted by Gasteiger charge is 2.22. The van der Waals surface area contributed by atoms with Gasteiger partial charge in [-0.25, -0.2) is 8.42 Å². The maximum atomic E-state index is 12.3. The molecule has 0 aromatic heterocycles. The summed E-state index contributed by atoms with van der Waals surface area (Å²) in [6.45, 7) is 1.46. The predicted molar refractivity (Wildman–Crippen MR) is 102 cm³/mol. The molecule has 0 aliphatic rings. The third-order valence-electron chi connectivity index (χ3n) is 3.50. The fourth-order valence-electron chi connectivity index (χ4n) is 2.33. The van der Waals surface area contributed by atoms with Crippen molar-refractivity contribution in [1.29, 1.82) is 0 Å². The Labute approximate surface area is 157 Å². The first-order valence-corrected chi connectivity index (χ1v) is 10.1. The molecular weight excluding hydrogens is 383 g/mol. The van der Waals surface area contributed by atoms with E-state index in [1.807, 2.05) is 37.3 Å². The van der Waals surface area contributed by atoms with Crippen LogP contribution in [0.2, 0.25) is 10.0 Å². The quantitative estimate of drug-likeness (QED) is 0.804. The van der Waals surface area contributed by atoms with Gasteiger partial charge in [0.05, 0.1) is 18.0 Å². The summed E-state index contributed by atoms with van der Waals surface area (Å²) in [5.74, 6) is -0.433. The second-order valence-corrected chi connectivity index (χ2v) is 8.38. The third kappa shape index (κ3) is 5.63. The lowest BCUT2D eigenvalue weighted by Gasteiger charge is -2.23. The number of amides is 1. The number of halogens is 2. The lowest BCUT2D eigenvalue weighted by Crippen LogP contribution is -2.41. The smallest absolute Gasteiger partial charge is 0.241 e. The minimum absolute atomic E-state index is 0.238. The molecule has 0 spiro atoms. The van der Waals surface area contributed by atoms with Crippen molar-refractivity contribution in [2.75, 3.05) is 17.1 Å². The molecule has 1 atom stereocenters. The van der Waals surface area contributed by atoms with Gasteiger partial charge in [0.2, 0.25) is 15.9 Å². The summed E-state index contributed by atoms with van der Waals surface area (Å²) >= 11 is 11.9. The van der Waals surface area contributed by atoms with Crippen molar-refractivity contribution in [3.8, 4) is 0 Å². The van der Waals surface area contributed by atoms with Crippen LogP contribution in [-0.4, -0.2) is 27.1 Å². The normalized spacial score (nSPS) is 12.5. The van der Waals surface area contributed by atoms with Gasteiger partial charge in [0, 0.05) is 10.0 Å². The fourth-order valence-corrected chi connectivity index (χ4v) is 3.68. The number of anilines is 1. The van der Waals surface area contributed by atoms with Crippen LogP contribution in [0.1, 0.15) is 18.5 Å². The number of rotatable bonds is 6. The van der Waals surface area contributed by atoms with E-state index < -0.39 is 15.9 Å². The van der Waals surface area contributed by atoms with Crippen LogP contribution in [0.5, 0.6) is 0 Å². The lowest BCUT2D eigenvalue weighted by atomic mass is 10.1. The SMILES string of the molecule is C[C@@H](NC(=O)CN(c1cc(Cl)cc(Cl)c1)S(C)(=O)=O)c1ccccc1. The highest BCUT2D eigenvalue weighted by Crippen LogP contribution is 2.27. The molecule has 0 bridgehead atoms. The van der Waals surface area contributed by atoms with E-state index in [0.29, 0.717) is 0 Å². The van der Waals surface area contributed by atoms with Crippen LogP contribution in [0.15, 0.2) is 48.5 Å². The van der Waals surface area contributed by atoms with Crippen molar-refractivity contribution in [2.24, 2.45) is 0 Å². The predicted octanol–water partition coefficient (Wildman–Crippen LogP) is 3.64. The van der Waals surface area contributed by atoms with E-state index >= 15 is 0 Å². The van der Waals surface area contributed by atoms with Gasteiger partial charge < -0.3 is 5.32 Å². The Bertz CT molecular complexity index is 837. The molecule has 0 saturated carbocycles. The largest absolute Gasteiger partial charge is 0.348 e.